The van der Waals surface area contributed by atoms with Crippen LogP contribution in [0.15, 0.2) is 4.99 Å². The number of hydrogen-bond acceptors (Lipinski definition) is 3. The van der Waals surface area contributed by atoms with Gasteiger partial charge in [0.2, 0.25) is 0 Å². The Balaban J connectivity index is 2.42. The minimum absolute atomic E-state index is 0.587. The largest absolute Gasteiger partial charge is 0.381 e. The SMILES string of the molecule is CCNC(=NCCN(CC)C(C)C)N(C)CCC1CCOCC1. The third-order valence-electron chi connectivity index (χ3n) is 4.70. The van der Waals surface area contributed by atoms with Crippen LogP contribution < -0.4 is 5.32 Å². The van der Waals surface area contributed by atoms with Crippen molar-refractivity contribution in [2.24, 2.45) is 10.9 Å². The summed E-state index contributed by atoms with van der Waals surface area (Å²) in [6.07, 6.45) is 3.65. The van der Waals surface area contributed by atoms with Gasteiger partial charge in [0.15, 0.2) is 5.96 Å². The molecule has 0 saturated carbocycles. The van der Waals surface area contributed by atoms with E-state index in [0.717, 1.165) is 57.8 Å². The molecule has 0 bridgehead atoms. The van der Waals surface area contributed by atoms with E-state index in [1.54, 1.807) is 0 Å². The lowest BCUT2D eigenvalue weighted by Gasteiger charge is -2.27. The zero-order valence-electron chi connectivity index (χ0n) is 16.0. The Bertz CT molecular complexity index is 327. The first-order valence-electron chi connectivity index (χ1n) is 9.39. The standard InChI is InChI=1S/C18H38N4O/c1-6-19-18(20-11-13-22(7-2)16(3)4)21(5)12-8-17-9-14-23-15-10-17/h16-17H,6-15H2,1-5H3,(H,19,20). The quantitative estimate of drug-likeness (QED) is 0.522. The van der Waals surface area contributed by atoms with Crippen molar-refractivity contribution in [2.75, 3.05) is 53.0 Å². The highest BCUT2D eigenvalue weighted by Crippen LogP contribution is 2.18. The van der Waals surface area contributed by atoms with Crippen molar-refractivity contribution in [3.63, 3.8) is 0 Å². The summed E-state index contributed by atoms with van der Waals surface area (Å²) in [5.74, 6) is 1.85. The Morgan fingerprint density at radius 3 is 2.48 bits per heavy atom. The monoisotopic (exact) mass is 326 g/mol. The maximum Gasteiger partial charge on any atom is 0.193 e. The van der Waals surface area contributed by atoms with Gasteiger partial charge < -0.3 is 15.0 Å². The Kier molecular flexibility index (Phi) is 10.3. The van der Waals surface area contributed by atoms with E-state index in [-0.39, 0.29) is 0 Å². The van der Waals surface area contributed by atoms with Gasteiger partial charge in [0.05, 0.1) is 6.54 Å². The highest BCUT2D eigenvalue weighted by atomic mass is 16.5. The van der Waals surface area contributed by atoms with Gasteiger partial charge in [-0.1, -0.05) is 6.92 Å². The first-order valence-corrected chi connectivity index (χ1v) is 9.39. The third kappa shape index (κ3) is 8.02. The highest BCUT2D eigenvalue weighted by Gasteiger charge is 2.15. The van der Waals surface area contributed by atoms with Crippen LogP contribution in [0.4, 0.5) is 0 Å². The molecular weight excluding hydrogens is 288 g/mol. The maximum absolute atomic E-state index is 5.44. The van der Waals surface area contributed by atoms with Gasteiger partial charge in [-0.15, -0.1) is 0 Å². The van der Waals surface area contributed by atoms with E-state index in [2.05, 4.69) is 49.9 Å². The second-order valence-electron chi connectivity index (χ2n) is 6.72. The number of hydrogen-bond donors (Lipinski definition) is 1. The Morgan fingerprint density at radius 2 is 1.91 bits per heavy atom. The van der Waals surface area contributed by atoms with Crippen LogP contribution in [0.2, 0.25) is 0 Å². The number of nitrogens with zero attached hydrogens (tertiary/aromatic N) is 3. The van der Waals surface area contributed by atoms with Crippen molar-refractivity contribution in [1.29, 1.82) is 0 Å². The van der Waals surface area contributed by atoms with Crippen molar-refractivity contribution in [2.45, 2.75) is 53.0 Å². The lowest BCUT2D eigenvalue weighted by Crippen LogP contribution is -2.41. The van der Waals surface area contributed by atoms with Crippen LogP contribution in [0.1, 0.15) is 47.0 Å². The average Bonchev–Trinajstić information content (AvgIpc) is 2.56. The van der Waals surface area contributed by atoms with Crippen molar-refractivity contribution >= 4 is 5.96 Å². The molecule has 1 fully saturated rings. The minimum atomic E-state index is 0.587. The second-order valence-corrected chi connectivity index (χ2v) is 6.72. The number of aliphatic imine (C=N–C) groups is 1. The fourth-order valence-corrected chi connectivity index (χ4v) is 3.05. The predicted octanol–water partition coefficient (Wildman–Crippen LogP) is 2.43. The molecule has 0 aromatic rings. The summed E-state index contributed by atoms with van der Waals surface area (Å²) in [5, 5.41) is 3.42. The number of nitrogens with one attached hydrogen (secondary N) is 1. The molecule has 0 aromatic heterocycles. The molecule has 5 heteroatoms. The molecule has 1 heterocycles. The lowest BCUT2D eigenvalue weighted by molar-refractivity contribution is 0.0625. The van der Waals surface area contributed by atoms with Crippen LogP contribution in [0.5, 0.6) is 0 Å². The number of rotatable bonds is 9. The predicted molar refractivity (Wildman–Crippen MR) is 99.2 cm³/mol. The second kappa shape index (κ2) is 11.7. The van der Waals surface area contributed by atoms with Crippen LogP contribution in [0.3, 0.4) is 0 Å². The van der Waals surface area contributed by atoms with E-state index in [9.17, 15) is 0 Å². The number of likely N-dealkylation sites (N-methyl/N-ethyl adjacent to an activating group) is 1. The molecule has 0 unspecified atom stereocenters. The number of ether oxygens (including phenoxy) is 1. The zero-order valence-corrected chi connectivity index (χ0v) is 16.0. The van der Waals surface area contributed by atoms with E-state index >= 15 is 0 Å². The maximum atomic E-state index is 5.44. The summed E-state index contributed by atoms with van der Waals surface area (Å²) in [7, 11) is 2.15. The molecule has 5 nitrogen and oxygen atoms in total. The fraction of sp³-hybridized carbons (Fsp3) is 0.944. The normalized spacial score (nSPS) is 17.1. The fourth-order valence-electron chi connectivity index (χ4n) is 3.05. The molecule has 1 rings (SSSR count). The van der Waals surface area contributed by atoms with Gasteiger partial charge in [0.1, 0.15) is 0 Å². The van der Waals surface area contributed by atoms with Crippen molar-refractivity contribution in [3.8, 4) is 0 Å². The summed E-state index contributed by atoms with van der Waals surface area (Å²) < 4.78 is 5.44. The smallest absolute Gasteiger partial charge is 0.193 e. The molecule has 0 aromatic carbocycles. The molecule has 1 aliphatic rings. The summed E-state index contributed by atoms with van der Waals surface area (Å²) in [5.41, 5.74) is 0. The first kappa shape index (κ1) is 20.2. The topological polar surface area (TPSA) is 40.1 Å². The molecular formula is C18H38N4O. The molecule has 1 saturated heterocycles. The summed E-state index contributed by atoms with van der Waals surface area (Å²) >= 11 is 0. The molecule has 0 atom stereocenters. The van der Waals surface area contributed by atoms with Gasteiger partial charge in [-0.2, -0.15) is 0 Å². The summed E-state index contributed by atoms with van der Waals surface area (Å²) in [6.45, 7) is 15.7. The van der Waals surface area contributed by atoms with Gasteiger partial charge in [-0.05, 0) is 52.5 Å². The van der Waals surface area contributed by atoms with Crippen molar-refractivity contribution < 1.29 is 4.74 Å². The number of guanidine groups is 1. The Hall–Kier alpha value is -0.810. The van der Waals surface area contributed by atoms with Gasteiger partial charge in [0, 0.05) is 45.9 Å². The Morgan fingerprint density at radius 1 is 1.22 bits per heavy atom. The van der Waals surface area contributed by atoms with Gasteiger partial charge >= 0.3 is 0 Å². The van der Waals surface area contributed by atoms with Crippen LogP contribution in [0, 0.1) is 5.92 Å². The summed E-state index contributed by atoms with van der Waals surface area (Å²) in [6, 6.07) is 0.587. The van der Waals surface area contributed by atoms with Crippen LogP contribution in [0.25, 0.3) is 0 Å². The van der Waals surface area contributed by atoms with Gasteiger partial charge in [-0.25, -0.2) is 0 Å². The molecule has 0 spiro atoms. The van der Waals surface area contributed by atoms with E-state index in [1.165, 1.54) is 19.3 Å². The summed E-state index contributed by atoms with van der Waals surface area (Å²) in [4.78, 5) is 9.55. The minimum Gasteiger partial charge on any atom is -0.381 e. The van der Waals surface area contributed by atoms with Crippen molar-refractivity contribution in [1.82, 2.24) is 15.1 Å². The Labute approximate surface area is 143 Å². The first-order chi connectivity index (χ1) is 11.1. The molecule has 1 N–H and O–H groups in total. The van der Waals surface area contributed by atoms with Crippen molar-refractivity contribution in [3.05, 3.63) is 0 Å². The molecule has 1 aliphatic heterocycles. The van der Waals surface area contributed by atoms with E-state index in [4.69, 9.17) is 9.73 Å². The van der Waals surface area contributed by atoms with Crippen LogP contribution in [-0.4, -0.2) is 74.8 Å². The van der Waals surface area contributed by atoms with Gasteiger partial charge in [-0.3, -0.25) is 9.89 Å². The highest BCUT2D eigenvalue weighted by molar-refractivity contribution is 5.79. The van der Waals surface area contributed by atoms with E-state index in [0.29, 0.717) is 6.04 Å². The lowest BCUT2D eigenvalue weighted by atomic mass is 9.96. The van der Waals surface area contributed by atoms with E-state index < -0.39 is 0 Å². The molecule has 136 valence electrons. The van der Waals surface area contributed by atoms with Crippen LogP contribution in [-0.2, 0) is 4.74 Å². The van der Waals surface area contributed by atoms with E-state index in [1.807, 2.05) is 0 Å². The average molecular weight is 327 g/mol. The molecule has 23 heavy (non-hydrogen) atoms. The van der Waals surface area contributed by atoms with Crippen LogP contribution >= 0.6 is 0 Å². The van der Waals surface area contributed by atoms with Gasteiger partial charge in [0.25, 0.3) is 0 Å². The molecule has 0 radical (unpaired) electrons. The molecule has 0 amide bonds. The zero-order chi connectivity index (χ0) is 17.1. The molecule has 0 aliphatic carbocycles. The third-order valence-corrected chi connectivity index (χ3v) is 4.70.